The van der Waals surface area contributed by atoms with E-state index < -0.39 is 12.8 Å². The zero-order chi connectivity index (χ0) is 6.62. The van der Waals surface area contributed by atoms with Crippen LogP contribution >= 0.6 is 0 Å². The summed E-state index contributed by atoms with van der Waals surface area (Å²) in [6.45, 7) is -1.11. The van der Waals surface area contributed by atoms with Gasteiger partial charge in [0.15, 0.2) is 0 Å². The summed E-state index contributed by atoms with van der Waals surface area (Å²) in [7, 11) is 0. The van der Waals surface area contributed by atoms with Crippen molar-refractivity contribution < 1.29 is 17.9 Å². The Kier molecular flexibility index (Phi) is 3.79. The van der Waals surface area contributed by atoms with Crippen LogP contribution in [0.3, 0.4) is 0 Å². The number of ether oxygens (including phenoxy) is 1. The van der Waals surface area contributed by atoms with Gasteiger partial charge < -0.3 is 0 Å². The molecule has 0 aromatic carbocycles. The van der Waals surface area contributed by atoms with Gasteiger partial charge in [0, 0.05) is 0 Å². The van der Waals surface area contributed by atoms with E-state index in [0.717, 1.165) is 22.5 Å². The molecule has 0 bridgehead atoms. The predicted octanol–water partition coefficient (Wildman–Crippen LogP) is 0.691. The van der Waals surface area contributed by atoms with Gasteiger partial charge in [-0.15, -0.1) is 0 Å². The molecule has 0 spiro atoms. The van der Waals surface area contributed by atoms with Crippen LogP contribution in [0.1, 0.15) is 0 Å². The van der Waals surface area contributed by atoms with Crippen LogP contribution in [0, 0.1) is 0 Å². The van der Waals surface area contributed by atoms with Crippen LogP contribution in [-0.2, 0) is 4.74 Å². The van der Waals surface area contributed by atoms with E-state index in [2.05, 4.69) is 4.74 Å². The van der Waals surface area contributed by atoms with Crippen LogP contribution in [-0.4, -0.2) is 39.9 Å². The van der Waals surface area contributed by atoms with Gasteiger partial charge in [-0.3, -0.25) is 0 Å². The average Bonchev–Trinajstić information content (AvgIpc) is 1.59. The zero-order valence-electron chi connectivity index (χ0n) is 3.96. The zero-order valence-corrected chi connectivity index (χ0v) is 6.81. The van der Waals surface area contributed by atoms with Gasteiger partial charge in [-0.2, -0.15) is 0 Å². The van der Waals surface area contributed by atoms with Gasteiger partial charge in [0.2, 0.25) is 0 Å². The SMILES string of the molecule is FC(F)(F)CO[CH2][Sn]. The summed E-state index contributed by atoms with van der Waals surface area (Å²) in [4.78, 5) is 0. The third-order valence-corrected chi connectivity index (χ3v) is 0.950. The molecule has 0 saturated heterocycles. The van der Waals surface area contributed by atoms with Crippen molar-refractivity contribution in [3.05, 3.63) is 0 Å². The predicted molar refractivity (Wildman–Crippen MR) is 22.6 cm³/mol. The Hall–Kier alpha value is 0.549. The first-order valence-corrected chi connectivity index (χ1v) is 3.87. The third-order valence-electron chi connectivity index (χ3n) is 0.368. The minimum absolute atomic E-state index is 0.201. The molecule has 0 aromatic rings. The Morgan fingerprint density at radius 2 is 1.88 bits per heavy atom. The maximum absolute atomic E-state index is 11.1. The fourth-order valence-electron chi connectivity index (χ4n) is 0.167. The van der Waals surface area contributed by atoms with E-state index >= 15 is 0 Å². The van der Waals surface area contributed by atoms with Crippen LogP contribution in [0.15, 0.2) is 0 Å². The summed E-state index contributed by atoms with van der Waals surface area (Å²) in [5.74, 6) is 0. The Balaban J connectivity index is 3.11. The van der Waals surface area contributed by atoms with Crippen molar-refractivity contribution in [1.29, 1.82) is 0 Å². The Morgan fingerprint density at radius 3 is 2.00 bits per heavy atom. The van der Waals surface area contributed by atoms with Gasteiger partial charge in [0.1, 0.15) is 0 Å². The normalized spacial score (nSPS) is 12.0. The van der Waals surface area contributed by atoms with Crippen molar-refractivity contribution >= 4 is 22.5 Å². The van der Waals surface area contributed by atoms with Crippen LogP contribution in [0.5, 0.6) is 0 Å². The standard InChI is InChI=1S/C3H4F3O.Sn/c1-7-2-3(4,5)6;/h1-2H2;. The van der Waals surface area contributed by atoms with Crippen LogP contribution in [0.4, 0.5) is 13.2 Å². The number of rotatable bonds is 2. The number of hydrogen-bond donors (Lipinski definition) is 0. The molecule has 0 aliphatic heterocycles. The summed E-state index contributed by atoms with van der Waals surface area (Å²) >= 11 is 0.963. The molecular weight excluding hydrogens is 228 g/mol. The van der Waals surface area contributed by atoms with Crippen molar-refractivity contribution in [2.24, 2.45) is 0 Å². The molecule has 0 unspecified atom stereocenters. The van der Waals surface area contributed by atoms with E-state index in [-0.39, 0.29) is 4.62 Å². The molecule has 0 rings (SSSR count). The second-order valence-electron chi connectivity index (χ2n) is 1.11. The van der Waals surface area contributed by atoms with Crippen molar-refractivity contribution in [3.63, 3.8) is 0 Å². The molecular formula is C3H4F3OSn. The maximum atomic E-state index is 11.1. The molecule has 1 nitrogen and oxygen atoms in total. The molecule has 0 heterocycles. The first-order chi connectivity index (χ1) is 3.56. The van der Waals surface area contributed by atoms with Crippen LogP contribution in [0.2, 0.25) is 0 Å². The average molecular weight is 232 g/mol. The van der Waals surface area contributed by atoms with Crippen molar-refractivity contribution in [3.8, 4) is 0 Å². The minimum atomic E-state index is -4.16. The van der Waals surface area contributed by atoms with Crippen LogP contribution < -0.4 is 0 Å². The summed E-state index contributed by atoms with van der Waals surface area (Å²) in [6, 6.07) is 0. The molecule has 0 N–H and O–H groups in total. The molecule has 8 heavy (non-hydrogen) atoms. The van der Waals surface area contributed by atoms with Gasteiger partial charge in [-0.05, 0) is 0 Å². The van der Waals surface area contributed by atoms with E-state index in [1.54, 1.807) is 0 Å². The molecule has 0 fully saturated rings. The van der Waals surface area contributed by atoms with E-state index in [9.17, 15) is 13.2 Å². The van der Waals surface area contributed by atoms with E-state index in [0.29, 0.717) is 0 Å². The Labute approximate surface area is 58.3 Å². The van der Waals surface area contributed by atoms with Crippen molar-refractivity contribution in [2.45, 2.75) is 6.18 Å². The van der Waals surface area contributed by atoms with Gasteiger partial charge >= 0.3 is 57.8 Å². The van der Waals surface area contributed by atoms with E-state index in [4.69, 9.17) is 0 Å². The molecule has 0 saturated carbocycles. The molecule has 0 aromatic heterocycles. The first kappa shape index (κ1) is 8.55. The Morgan fingerprint density at radius 1 is 1.38 bits per heavy atom. The Bertz CT molecular complexity index is 62.0. The summed E-state index contributed by atoms with van der Waals surface area (Å²) in [5.41, 5.74) is 0. The second kappa shape index (κ2) is 3.55. The van der Waals surface area contributed by atoms with Crippen molar-refractivity contribution in [2.75, 3.05) is 11.2 Å². The van der Waals surface area contributed by atoms with Gasteiger partial charge in [-0.1, -0.05) is 0 Å². The molecule has 0 aliphatic rings. The molecule has 47 valence electrons. The number of halogens is 3. The monoisotopic (exact) mass is 233 g/mol. The van der Waals surface area contributed by atoms with E-state index in [1.165, 1.54) is 0 Å². The summed E-state index contributed by atoms with van der Waals surface area (Å²) < 4.78 is 37.7. The molecule has 5 heteroatoms. The van der Waals surface area contributed by atoms with E-state index in [1.807, 2.05) is 0 Å². The fraction of sp³-hybridized carbons (Fsp3) is 1.00. The molecule has 0 aliphatic carbocycles. The third kappa shape index (κ3) is 6.55. The first-order valence-electron chi connectivity index (χ1n) is 1.85. The summed E-state index contributed by atoms with van der Waals surface area (Å²) in [6.07, 6.45) is -4.16. The molecule has 3 radical (unpaired) electrons. The number of hydrogen-bond acceptors (Lipinski definition) is 1. The topological polar surface area (TPSA) is 9.23 Å². The molecule has 0 atom stereocenters. The fourth-order valence-corrected chi connectivity index (χ4v) is 0.458. The number of alkyl halides is 3. The second-order valence-corrected chi connectivity index (χ2v) is 1.93. The quantitative estimate of drug-likeness (QED) is 0.636. The van der Waals surface area contributed by atoms with Crippen molar-refractivity contribution in [1.82, 2.24) is 0 Å². The summed E-state index contributed by atoms with van der Waals surface area (Å²) in [5, 5.41) is 0. The molecule has 0 amide bonds. The van der Waals surface area contributed by atoms with Crippen LogP contribution in [0.25, 0.3) is 0 Å². The van der Waals surface area contributed by atoms with Gasteiger partial charge in [0.05, 0.1) is 0 Å². The van der Waals surface area contributed by atoms with Gasteiger partial charge in [0.25, 0.3) is 0 Å². The van der Waals surface area contributed by atoms with Gasteiger partial charge in [-0.25, -0.2) is 0 Å².